The second-order valence-corrected chi connectivity index (χ2v) is 7.97. The molecule has 0 radical (unpaired) electrons. The first-order chi connectivity index (χ1) is 8.86. The number of amides is 1. The van der Waals surface area contributed by atoms with Gasteiger partial charge in [-0.2, -0.15) is 0 Å². The van der Waals surface area contributed by atoms with Gasteiger partial charge in [-0.05, 0) is 48.9 Å². The van der Waals surface area contributed by atoms with Crippen molar-refractivity contribution in [3.8, 4) is 0 Å². The van der Waals surface area contributed by atoms with Crippen molar-refractivity contribution in [1.82, 2.24) is 5.32 Å². The van der Waals surface area contributed by atoms with E-state index < -0.39 is 0 Å². The summed E-state index contributed by atoms with van der Waals surface area (Å²) in [4.78, 5) is 12.6. The van der Waals surface area contributed by atoms with Crippen molar-refractivity contribution >= 4 is 5.91 Å². The molecule has 1 amide bonds. The van der Waals surface area contributed by atoms with Gasteiger partial charge in [-0.1, -0.05) is 27.2 Å². The lowest BCUT2D eigenvalue weighted by Gasteiger charge is -2.44. The van der Waals surface area contributed by atoms with Gasteiger partial charge in [-0.3, -0.25) is 4.79 Å². The van der Waals surface area contributed by atoms with E-state index in [1.54, 1.807) is 0 Å². The van der Waals surface area contributed by atoms with Crippen LogP contribution in [0, 0.1) is 22.2 Å². The summed E-state index contributed by atoms with van der Waals surface area (Å²) in [5.41, 5.74) is 6.24. The quantitative estimate of drug-likeness (QED) is 0.822. The van der Waals surface area contributed by atoms with E-state index in [4.69, 9.17) is 5.73 Å². The molecule has 3 N–H and O–H groups in total. The van der Waals surface area contributed by atoms with E-state index in [1.807, 2.05) is 0 Å². The number of rotatable bonds is 3. The monoisotopic (exact) mass is 264 g/mol. The van der Waals surface area contributed by atoms with Crippen molar-refractivity contribution in [3.05, 3.63) is 0 Å². The van der Waals surface area contributed by atoms with Gasteiger partial charge in [0.25, 0.3) is 0 Å². The van der Waals surface area contributed by atoms with Crippen LogP contribution in [0.4, 0.5) is 0 Å². The maximum absolute atomic E-state index is 12.6. The first kappa shape index (κ1) is 13.4. The molecule has 3 unspecified atom stereocenters. The maximum atomic E-state index is 12.6. The minimum absolute atomic E-state index is 0.232. The Morgan fingerprint density at radius 3 is 2.32 bits per heavy atom. The van der Waals surface area contributed by atoms with Crippen LogP contribution in [0.3, 0.4) is 0 Å². The summed E-state index contributed by atoms with van der Waals surface area (Å²) >= 11 is 0. The first-order valence-electron chi connectivity index (χ1n) is 7.87. The molecule has 3 heteroatoms. The molecule has 0 saturated heterocycles. The zero-order chi connectivity index (χ0) is 13.9. The van der Waals surface area contributed by atoms with E-state index in [2.05, 4.69) is 26.1 Å². The molecule has 3 saturated carbocycles. The number of hydrogen-bond acceptors (Lipinski definition) is 2. The van der Waals surface area contributed by atoms with E-state index >= 15 is 0 Å². The number of carbonyl (C=O) groups excluding carboxylic acids is 1. The van der Waals surface area contributed by atoms with Gasteiger partial charge in [0.2, 0.25) is 5.91 Å². The van der Waals surface area contributed by atoms with Crippen molar-refractivity contribution in [2.24, 2.45) is 27.9 Å². The summed E-state index contributed by atoms with van der Waals surface area (Å²) in [5.74, 6) is 1.01. The molecular formula is C16H28N2O. The second-order valence-electron chi connectivity index (χ2n) is 7.97. The predicted molar refractivity (Wildman–Crippen MR) is 76.5 cm³/mol. The molecule has 0 aromatic heterocycles. The van der Waals surface area contributed by atoms with Crippen LogP contribution in [0.5, 0.6) is 0 Å². The van der Waals surface area contributed by atoms with E-state index in [9.17, 15) is 4.79 Å². The highest BCUT2D eigenvalue weighted by atomic mass is 16.2. The Labute approximate surface area is 116 Å². The zero-order valence-electron chi connectivity index (χ0n) is 12.6. The summed E-state index contributed by atoms with van der Waals surface area (Å²) in [5, 5.41) is 3.38. The molecule has 2 bridgehead atoms. The van der Waals surface area contributed by atoms with Crippen molar-refractivity contribution in [2.45, 2.75) is 65.3 Å². The molecule has 0 aromatic rings. The molecule has 0 heterocycles. The Balaban J connectivity index is 1.74. The van der Waals surface area contributed by atoms with Crippen LogP contribution in [-0.4, -0.2) is 18.5 Å². The van der Waals surface area contributed by atoms with E-state index in [0.29, 0.717) is 18.0 Å². The van der Waals surface area contributed by atoms with Gasteiger partial charge in [0.1, 0.15) is 0 Å². The molecule has 3 nitrogen and oxygen atoms in total. The smallest absolute Gasteiger partial charge is 0.227 e. The van der Waals surface area contributed by atoms with Crippen LogP contribution in [0.2, 0.25) is 0 Å². The molecule has 0 spiro atoms. The third kappa shape index (κ3) is 1.57. The van der Waals surface area contributed by atoms with Gasteiger partial charge >= 0.3 is 0 Å². The molecule has 19 heavy (non-hydrogen) atoms. The molecular weight excluding hydrogens is 236 g/mol. The lowest BCUT2D eigenvalue weighted by molar-refractivity contribution is -0.137. The third-order valence-electron chi connectivity index (χ3n) is 7.28. The summed E-state index contributed by atoms with van der Waals surface area (Å²) in [6, 6.07) is 0.359. The number of hydrogen-bond donors (Lipinski definition) is 2. The highest BCUT2D eigenvalue weighted by molar-refractivity contribution is 5.84. The lowest BCUT2D eigenvalue weighted by atomic mass is 9.66. The highest BCUT2D eigenvalue weighted by Crippen LogP contribution is 2.65. The van der Waals surface area contributed by atoms with Crippen LogP contribution in [0.1, 0.15) is 59.3 Å². The van der Waals surface area contributed by atoms with Crippen LogP contribution in [0.15, 0.2) is 0 Å². The van der Waals surface area contributed by atoms with Gasteiger partial charge in [0.15, 0.2) is 0 Å². The molecule has 3 rings (SSSR count). The van der Waals surface area contributed by atoms with E-state index in [1.165, 1.54) is 12.8 Å². The Bertz CT molecular complexity index is 394. The minimum atomic E-state index is -0.234. The third-order valence-corrected chi connectivity index (χ3v) is 7.28. The molecule has 3 aliphatic carbocycles. The SMILES string of the molecule is CC1(C)C2CCC1(C)C(NC(=O)C1(CN)CCC1)C2. The van der Waals surface area contributed by atoms with Gasteiger partial charge < -0.3 is 11.1 Å². The van der Waals surface area contributed by atoms with E-state index in [0.717, 1.165) is 31.6 Å². The lowest BCUT2D eigenvalue weighted by Crippen LogP contribution is -2.56. The van der Waals surface area contributed by atoms with Gasteiger partial charge in [-0.25, -0.2) is 0 Å². The molecule has 3 aliphatic rings. The summed E-state index contributed by atoms with van der Waals surface area (Å²) in [6.07, 6.45) is 6.86. The average Bonchev–Trinajstić information content (AvgIpc) is 2.61. The normalized spacial score (nSPS) is 41.9. The van der Waals surface area contributed by atoms with Crippen molar-refractivity contribution in [2.75, 3.05) is 6.54 Å². The second kappa shape index (κ2) is 3.97. The molecule has 0 aliphatic heterocycles. The van der Waals surface area contributed by atoms with Crippen LogP contribution in [-0.2, 0) is 4.79 Å². The first-order valence-corrected chi connectivity index (χ1v) is 7.87. The van der Waals surface area contributed by atoms with Crippen LogP contribution >= 0.6 is 0 Å². The van der Waals surface area contributed by atoms with Gasteiger partial charge in [0.05, 0.1) is 5.41 Å². The Kier molecular flexibility index (Phi) is 2.80. The maximum Gasteiger partial charge on any atom is 0.227 e. The summed E-state index contributed by atoms with van der Waals surface area (Å²) in [6.45, 7) is 7.66. The highest BCUT2D eigenvalue weighted by Gasteiger charge is 2.62. The summed E-state index contributed by atoms with van der Waals surface area (Å²) < 4.78 is 0. The summed E-state index contributed by atoms with van der Waals surface area (Å²) in [7, 11) is 0. The number of carbonyl (C=O) groups is 1. The predicted octanol–water partition coefficient (Wildman–Crippen LogP) is 2.45. The molecule has 0 aromatic carbocycles. The van der Waals surface area contributed by atoms with Gasteiger partial charge in [0, 0.05) is 12.6 Å². The Morgan fingerprint density at radius 1 is 1.26 bits per heavy atom. The zero-order valence-corrected chi connectivity index (χ0v) is 12.6. The van der Waals surface area contributed by atoms with Crippen LogP contribution < -0.4 is 11.1 Å². The number of nitrogens with two attached hydrogens (primary N) is 1. The fourth-order valence-electron chi connectivity index (χ4n) is 4.86. The largest absolute Gasteiger partial charge is 0.352 e. The average molecular weight is 264 g/mol. The minimum Gasteiger partial charge on any atom is -0.352 e. The van der Waals surface area contributed by atoms with Gasteiger partial charge in [-0.15, -0.1) is 0 Å². The number of fused-ring (bicyclic) bond motifs is 2. The molecule has 108 valence electrons. The fraction of sp³-hybridized carbons (Fsp3) is 0.938. The fourth-order valence-corrected chi connectivity index (χ4v) is 4.86. The van der Waals surface area contributed by atoms with Crippen LogP contribution in [0.25, 0.3) is 0 Å². The molecule has 3 fully saturated rings. The van der Waals surface area contributed by atoms with Crippen molar-refractivity contribution in [3.63, 3.8) is 0 Å². The van der Waals surface area contributed by atoms with Crippen molar-refractivity contribution in [1.29, 1.82) is 0 Å². The van der Waals surface area contributed by atoms with Crippen molar-refractivity contribution < 1.29 is 4.79 Å². The standard InChI is InChI=1S/C16H28N2O/c1-14(2)11-5-8-15(14,3)12(9-11)18-13(19)16(10-17)6-4-7-16/h11-12H,4-10,17H2,1-3H3,(H,18,19). The van der Waals surface area contributed by atoms with E-state index in [-0.39, 0.29) is 16.7 Å². The topological polar surface area (TPSA) is 55.1 Å². The number of nitrogens with one attached hydrogen (secondary N) is 1. The molecule has 3 atom stereocenters. The Morgan fingerprint density at radius 2 is 1.95 bits per heavy atom. The Hall–Kier alpha value is -0.570.